The van der Waals surface area contributed by atoms with Gasteiger partial charge < -0.3 is 4.42 Å². The minimum absolute atomic E-state index is 0.148. The summed E-state index contributed by atoms with van der Waals surface area (Å²) >= 11 is 1.33. The van der Waals surface area contributed by atoms with E-state index in [4.69, 9.17) is 4.42 Å². The minimum atomic E-state index is -0.633. The van der Waals surface area contributed by atoms with Gasteiger partial charge in [0, 0.05) is 5.56 Å². The molecule has 0 aliphatic carbocycles. The molecule has 0 bridgehead atoms. The molecule has 2 heterocycles. The van der Waals surface area contributed by atoms with Crippen LogP contribution in [-0.4, -0.2) is 22.0 Å². The van der Waals surface area contributed by atoms with Crippen molar-refractivity contribution in [1.29, 1.82) is 0 Å². The number of hydrogen-bond acceptors (Lipinski definition) is 7. The summed E-state index contributed by atoms with van der Waals surface area (Å²) in [5.41, 5.74) is 2.29. The van der Waals surface area contributed by atoms with E-state index in [9.17, 15) is 14.9 Å². The second-order valence-corrected chi connectivity index (χ2v) is 8.30. The van der Waals surface area contributed by atoms with Crippen LogP contribution in [0.2, 0.25) is 0 Å². The molecule has 0 unspecified atom stereocenters. The Labute approximate surface area is 191 Å². The van der Waals surface area contributed by atoms with Crippen molar-refractivity contribution in [1.82, 2.24) is 4.98 Å². The van der Waals surface area contributed by atoms with Gasteiger partial charge in [0.1, 0.15) is 4.92 Å². The predicted octanol–water partition coefficient (Wildman–Crippen LogP) is 5.94. The first-order valence-corrected chi connectivity index (χ1v) is 10.8. The number of aryl methyl sites for hydroxylation is 1. The molecule has 5 aromatic rings. The maximum absolute atomic E-state index is 13.7. The molecule has 0 fully saturated rings. The molecule has 0 spiro atoms. The Balaban J connectivity index is 1.61. The second-order valence-electron chi connectivity index (χ2n) is 7.29. The van der Waals surface area contributed by atoms with Gasteiger partial charge in [-0.25, -0.2) is 4.98 Å². The number of rotatable bonds is 5. The smallest absolute Gasteiger partial charge is 0.400 e. The number of nitro groups is 1. The SMILES string of the molecule is Cc1ccc2nc(N(/N=C/c3ccc([N+](=O)[O-])o3)C(=O)c3cccc4ccccc34)sc2c1. The molecule has 2 aromatic heterocycles. The molecular formula is C24H16N4O4S. The summed E-state index contributed by atoms with van der Waals surface area (Å²) < 4.78 is 6.08. The average Bonchev–Trinajstić information content (AvgIpc) is 3.46. The van der Waals surface area contributed by atoms with Gasteiger partial charge in [0.25, 0.3) is 5.91 Å². The quantitative estimate of drug-likeness (QED) is 0.185. The van der Waals surface area contributed by atoms with E-state index in [-0.39, 0.29) is 11.7 Å². The van der Waals surface area contributed by atoms with Crippen LogP contribution in [0, 0.1) is 17.0 Å². The van der Waals surface area contributed by atoms with Gasteiger partial charge in [0.15, 0.2) is 5.76 Å². The summed E-state index contributed by atoms with van der Waals surface area (Å²) in [5.74, 6) is -0.631. The van der Waals surface area contributed by atoms with E-state index >= 15 is 0 Å². The van der Waals surface area contributed by atoms with Gasteiger partial charge in [0.2, 0.25) is 5.13 Å². The van der Waals surface area contributed by atoms with Crippen LogP contribution in [0.1, 0.15) is 21.7 Å². The summed E-state index contributed by atoms with van der Waals surface area (Å²) in [7, 11) is 0. The number of carbonyl (C=O) groups excluding carboxylic acids is 1. The fraction of sp³-hybridized carbons (Fsp3) is 0.0417. The number of hydrogen-bond donors (Lipinski definition) is 0. The minimum Gasteiger partial charge on any atom is -0.400 e. The molecule has 9 heteroatoms. The number of fused-ring (bicyclic) bond motifs is 2. The van der Waals surface area contributed by atoms with Gasteiger partial charge in [-0.05, 0) is 47.5 Å². The molecule has 0 saturated heterocycles. The molecule has 0 aliphatic heterocycles. The number of thiazole rings is 1. The molecule has 0 radical (unpaired) electrons. The van der Waals surface area contributed by atoms with Gasteiger partial charge in [-0.2, -0.15) is 10.1 Å². The highest BCUT2D eigenvalue weighted by atomic mass is 32.1. The average molecular weight is 456 g/mol. The summed E-state index contributed by atoms with van der Waals surface area (Å²) in [6.45, 7) is 1.99. The molecule has 33 heavy (non-hydrogen) atoms. The van der Waals surface area contributed by atoms with Gasteiger partial charge in [-0.1, -0.05) is 53.8 Å². The molecule has 0 saturated carbocycles. The topological polar surface area (TPSA) is 102 Å². The number of carbonyl (C=O) groups is 1. The molecule has 8 nitrogen and oxygen atoms in total. The van der Waals surface area contributed by atoms with Crippen molar-refractivity contribution in [3.63, 3.8) is 0 Å². The Bertz CT molecular complexity index is 1550. The largest absolute Gasteiger partial charge is 0.433 e. The maximum Gasteiger partial charge on any atom is 0.433 e. The Hall–Kier alpha value is -4.37. The van der Waals surface area contributed by atoms with E-state index in [1.165, 1.54) is 34.7 Å². The summed E-state index contributed by atoms with van der Waals surface area (Å²) in [5, 5.41) is 18.5. The monoisotopic (exact) mass is 456 g/mol. The first-order valence-electron chi connectivity index (χ1n) is 9.97. The first-order chi connectivity index (χ1) is 16.0. The van der Waals surface area contributed by atoms with Crippen LogP contribution in [0.5, 0.6) is 0 Å². The number of nitrogens with zero attached hydrogens (tertiary/aromatic N) is 4. The third kappa shape index (κ3) is 3.97. The van der Waals surface area contributed by atoms with Crippen LogP contribution in [0.3, 0.4) is 0 Å². The molecule has 1 amide bonds. The summed E-state index contributed by atoms with van der Waals surface area (Å²) in [6.07, 6.45) is 1.27. The lowest BCUT2D eigenvalue weighted by Gasteiger charge is -2.15. The van der Waals surface area contributed by atoms with E-state index in [0.29, 0.717) is 10.7 Å². The third-order valence-corrected chi connectivity index (χ3v) is 6.01. The van der Waals surface area contributed by atoms with Crippen LogP contribution < -0.4 is 5.01 Å². The number of hydrazone groups is 1. The zero-order chi connectivity index (χ0) is 22.9. The third-order valence-electron chi connectivity index (χ3n) is 5.02. The molecule has 162 valence electrons. The van der Waals surface area contributed by atoms with Crippen LogP contribution in [0.15, 0.2) is 82.3 Å². The van der Waals surface area contributed by atoms with Crippen molar-refractivity contribution in [2.45, 2.75) is 6.92 Å². The summed E-state index contributed by atoms with van der Waals surface area (Å²) in [4.78, 5) is 28.6. The number of benzene rings is 3. The molecule has 0 aliphatic rings. The van der Waals surface area contributed by atoms with Gasteiger partial charge in [-0.15, -0.1) is 0 Å². The van der Waals surface area contributed by atoms with Crippen molar-refractivity contribution in [3.05, 3.63) is 99.8 Å². The normalized spacial score (nSPS) is 11.4. The molecule has 0 N–H and O–H groups in total. The van der Waals surface area contributed by atoms with Gasteiger partial charge in [0.05, 0.1) is 22.5 Å². The lowest BCUT2D eigenvalue weighted by molar-refractivity contribution is -0.402. The van der Waals surface area contributed by atoms with Crippen molar-refractivity contribution >= 4 is 55.5 Å². The second kappa shape index (κ2) is 8.29. The van der Waals surface area contributed by atoms with E-state index in [1.54, 1.807) is 6.07 Å². The number of anilines is 1. The van der Waals surface area contributed by atoms with Crippen molar-refractivity contribution in [3.8, 4) is 0 Å². The van der Waals surface area contributed by atoms with E-state index in [1.807, 2.05) is 61.5 Å². The van der Waals surface area contributed by atoms with Crippen molar-refractivity contribution < 1.29 is 14.1 Å². The van der Waals surface area contributed by atoms with Crippen LogP contribution in [0.4, 0.5) is 11.0 Å². The number of aromatic nitrogens is 1. The number of amides is 1. The van der Waals surface area contributed by atoms with Gasteiger partial charge >= 0.3 is 5.88 Å². The maximum atomic E-state index is 13.7. The van der Waals surface area contributed by atoms with E-state index in [2.05, 4.69) is 10.1 Å². The zero-order valence-corrected chi connectivity index (χ0v) is 18.2. The highest BCUT2D eigenvalue weighted by Crippen LogP contribution is 2.32. The van der Waals surface area contributed by atoms with Crippen LogP contribution in [-0.2, 0) is 0 Å². The van der Waals surface area contributed by atoms with Crippen molar-refractivity contribution in [2.75, 3.05) is 5.01 Å². The standard InChI is InChI=1S/C24H16N4O4S/c1-15-9-11-20-21(13-15)33-24(26-20)27(25-14-17-10-12-22(32-17)28(30)31)23(29)19-8-4-6-16-5-2-3-7-18(16)19/h2-14H,1H3/b25-14+. The number of furan rings is 1. The lowest BCUT2D eigenvalue weighted by Crippen LogP contribution is -2.25. The predicted molar refractivity (Wildman–Crippen MR) is 128 cm³/mol. The van der Waals surface area contributed by atoms with Crippen LogP contribution in [0.25, 0.3) is 21.0 Å². The highest BCUT2D eigenvalue weighted by Gasteiger charge is 2.23. The highest BCUT2D eigenvalue weighted by molar-refractivity contribution is 7.22. The Kier molecular flexibility index (Phi) is 5.15. The van der Waals surface area contributed by atoms with E-state index in [0.717, 1.165) is 26.6 Å². The molecule has 3 aromatic carbocycles. The fourth-order valence-electron chi connectivity index (χ4n) is 3.45. The van der Waals surface area contributed by atoms with E-state index < -0.39 is 10.8 Å². The fourth-order valence-corrected chi connectivity index (χ4v) is 4.47. The Morgan fingerprint density at radius 2 is 1.94 bits per heavy atom. The van der Waals surface area contributed by atoms with Crippen molar-refractivity contribution in [2.24, 2.45) is 5.10 Å². The Morgan fingerprint density at radius 1 is 1.12 bits per heavy atom. The Morgan fingerprint density at radius 3 is 2.76 bits per heavy atom. The molecular weight excluding hydrogens is 440 g/mol. The zero-order valence-electron chi connectivity index (χ0n) is 17.3. The van der Waals surface area contributed by atoms with Gasteiger partial charge in [-0.3, -0.25) is 14.9 Å². The first kappa shape index (κ1) is 20.5. The summed E-state index contributed by atoms with van der Waals surface area (Å²) in [6, 6.07) is 21.6. The molecule has 0 atom stereocenters. The molecule has 5 rings (SSSR count). The lowest BCUT2D eigenvalue weighted by atomic mass is 10.0. The van der Waals surface area contributed by atoms with Crippen LogP contribution >= 0.6 is 11.3 Å².